The number of hydrogen-bond donors (Lipinski definition) is 0. The van der Waals surface area contributed by atoms with Gasteiger partial charge < -0.3 is 4.74 Å². The summed E-state index contributed by atoms with van der Waals surface area (Å²) in [5, 5.41) is 16.2. The van der Waals surface area contributed by atoms with E-state index >= 15 is 0 Å². The van der Waals surface area contributed by atoms with E-state index in [1.807, 2.05) is 6.07 Å². The van der Waals surface area contributed by atoms with Gasteiger partial charge in [0.25, 0.3) is 5.88 Å². The summed E-state index contributed by atoms with van der Waals surface area (Å²) >= 11 is 0. The quantitative estimate of drug-likeness (QED) is 0.794. The summed E-state index contributed by atoms with van der Waals surface area (Å²) in [5.41, 5.74) is 1.00. The van der Waals surface area contributed by atoms with Gasteiger partial charge >= 0.3 is 0 Å². The number of ether oxygens (including phenoxy) is 1. The maximum Gasteiger partial charge on any atom is 0.256 e. The van der Waals surface area contributed by atoms with Crippen molar-refractivity contribution in [1.29, 1.82) is 5.26 Å². The lowest BCUT2D eigenvalue weighted by Crippen LogP contribution is -1.95. The standard InChI is InChI=1S/C12H8FN3O/c1-8-2-3-10(13)6-11(8)17-12-9(7-14)4-5-15-16-12/h2-6H,1H3. The molecule has 4 nitrogen and oxygen atoms in total. The van der Waals surface area contributed by atoms with Gasteiger partial charge in [0.05, 0.1) is 6.20 Å². The molecule has 0 amide bonds. The lowest BCUT2D eigenvalue weighted by molar-refractivity contribution is 0.446. The van der Waals surface area contributed by atoms with Gasteiger partial charge in [-0.2, -0.15) is 10.4 Å². The fourth-order valence-corrected chi connectivity index (χ4v) is 1.27. The van der Waals surface area contributed by atoms with Gasteiger partial charge in [0.15, 0.2) is 0 Å². The first kappa shape index (κ1) is 11.0. The molecule has 0 saturated heterocycles. The molecule has 0 unspecified atom stereocenters. The fourth-order valence-electron chi connectivity index (χ4n) is 1.27. The highest BCUT2D eigenvalue weighted by Gasteiger charge is 2.08. The van der Waals surface area contributed by atoms with E-state index < -0.39 is 5.82 Å². The first-order valence-corrected chi connectivity index (χ1v) is 4.86. The highest BCUT2D eigenvalue weighted by molar-refractivity contribution is 5.41. The van der Waals surface area contributed by atoms with Crippen molar-refractivity contribution >= 4 is 0 Å². The number of halogens is 1. The van der Waals surface area contributed by atoms with Crippen molar-refractivity contribution in [2.45, 2.75) is 6.92 Å². The van der Waals surface area contributed by atoms with Gasteiger partial charge in [0, 0.05) is 6.07 Å². The molecule has 5 heteroatoms. The van der Waals surface area contributed by atoms with E-state index in [0.717, 1.165) is 5.56 Å². The second kappa shape index (κ2) is 4.58. The summed E-state index contributed by atoms with van der Waals surface area (Å²) in [5.74, 6) is -0.0151. The van der Waals surface area contributed by atoms with E-state index in [4.69, 9.17) is 10.00 Å². The third kappa shape index (κ3) is 2.37. The Hall–Kier alpha value is -2.48. The molecule has 0 fully saturated rings. The van der Waals surface area contributed by atoms with Gasteiger partial charge in [0.2, 0.25) is 0 Å². The lowest BCUT2D eigenvalue weighted by atomic mass is 10.2. The molecule has 0 aliphatic carbocycles. The Morgan fingerprint density at radius 3 is 2.94 bits per heavy atom. The monoisotopic (exact) mass is 229 g/mol. The van der Waals surface area contributed by atoms with E-state index in [1.165, 1.54) is 24.4 Å². The summed E-state index contributed by atoms with van der Waals surface area (Å²) in [6.45, 7) is 1.77. The number of nitriles is 1. The zero-order chi connectivity index (χ0) is 12.3. The molecule has 0 saturated carbocycles. The molecule has 2 aromatic rings. The van der Waals surface area contributed by atoms with Crippen LogP contribution in [-0.4, -0.2) is 10.2 Å². The molecule has 0 aliphatic heterocycles. The van der Waals surface area contributed by atoms with Crippen molar-refractivity contribution in [2.24, 2.45) is 0 Å². The van der Waals surface area contributed by atoms with Crippen LogP contribution in [0.1, 0.15) is 11.1 Å². The van der Waals surface area contributed by atoms with Gasteiger partial charge in [-0.3, -0.25) is 0 Å². The average Bonchev–Trinajstić information content (AvgIpc) is 2.34. The Morgan fingerprint density at radius 1 is 1.35 bits per heavy atom. The summed E-state index contributed by atoms with van der Waals surface area (Å²) in [7, 11) is 0. The van der Waals surface area contributed by atoms with Crippen molar-refractivity contribution in [3.8, 4) is 17.7 Å². The van der Waals surface area contributed by atoms with Gasteiger partial charge in [0.1, 0.15) is 23.2 Å². The van der Waals surface area contributed by atoms with Crippen LogP contribution in [0, 0.1) is 24.1 Å². The molecule has 0 spiro atoms. The van der Waals surface area contributed by atoms with E-state index in [2.05, 4.69) is 10.2 Å². The average molecular weight is 229 g/mol. The predicted octanol–water partition coefficient (Wildman–Crippen LogP) is 2.59. The van der Waals surface area contributed by atoms with E-state index in [1.54, 1.807) is 13.0 Å². The van der Waals surface area contributed by atoms with Crippen LogP contribution < -0.4 is 4.74 Å². The molecular formula is C12H8FN3O. The Kier molecular flexibility index (Phi) is 2.97. The minimum Gasteiger partial charge on any atom is -0.436 e. The molecule has 1 aromatic heterocycles. The van der Waals surface area contributed by atoms with E-state index in [-0.39, 0.29) is 11.4 Å². The third-order valence-corrected chi connectivity index (χ3v) is 2.16. The second-order valence-electron chi connectivity index (χ2n) is 3.37. The summed E-state index contributed by atoms with van der Waals surface area (Å²) in [6.07, 6.45) is 1.39. The van der Waals surface area contributed by atoms with Gasteiger partial charge in [-0.05, 0) is 24.6 Å². The maximum atomic E-state index is 13.1. The third-order valence-electron chi connectivity index (χ3n) is 2.16. The Bertz CT molecular complexity index is 593. The fraction of sp³-hybridized carbons (Fsp3) is 0.0833. The predicted molar refractivity (Wildman–Crippen MR) is 58.0 cm³/mol. The number of aromatic nitrogens is 2. The lowest BCUT2D eigenvalue weighted by Gasteiger charge is -2.07. The molecule has 0 atom stereocenters. The SMILES string of the molecule is Cc1ccc(F)cc1Oc1nnccc1C#N. The van der Waals surface area contributed by atoms with Crippen LogP contribution in [0.2, 0.25) is 0 Å². The first-order valence-electron chi connectivity index (χ1n) is 4.86. The zero-order valence-electron chi connectivity index (χ0n) is 9.01. The van der Waals surface area contributed by atoms with Crippen LogP contribution >= 0.6 is 0 Å². The molecule has 0 N–H and O–H groups in total. The minimum absolute atomic E-state index is 0.0729. The molecule has 0 aliphatic rings. The Morgan fingerprint density at radius 2 is 2.18 bits per heavy atom. The number of aryl methyl sites for hydroxylation is 1. The highest BCUT2D eigenvalue weighted by atomic mass is 19.1. The molecule has 17 heavy (non-hydrogen) atoms. The topological polar surface area (TPSA) is 58.8 Å². The van der Waals surface area contributed by atoms with E-state index in [0.29, 0.717) is 5.75 Å². The molecule has 1 aromatic carbocycles. The molecule has 1 heterocycles. The van der Waals surface area contributed by atoms with Crippen LogP contribution in [-0.2, 0) is 0 Å². The van der Waals surface area contributed by atoms with Crippen LogP contribution in [0.15, 0.2) is 30.5 Å². The molecular weight excluding hydrogens is 221 g/mol. The van der Waals surface area contributed by atoms with Crippen molar-refractivity contribution in [3.63, 3.8) is 0 Å². The van der Waals surface area contributed by atoms with Gasteiger partial charge in [-0.25, -0.2) is 4.39 Å². The molecule has 0 radical (unpaired) electrons. The van der Waals surface area contributed by atoms with Crippen molar-refractivity contribution in [3.05, 3.63) is 47.4 Å². The van der Waals surface area contributed by atoms with Gasteiger partial charge in [-0.15, -0.1) is 5.10 Å². The number of nitrogens with zero attached hydrogens (tertiary/aromatic N) is 3. The Labute approximate surface area is 97.3 Å². The molecule has 84 valence electrons. The Balaban J connectivity index is 2.38. The number of hydrogen-bond acceptors (Lipinski definition) is 4. The minimum atomic E-state index is -0.409. The van der Waals surface area contributed by atoms with E-state index in [9.17, 15) is 4.39 Å². The zero-order valence-corrected chi connectivity index (χ0v) is 9.01. The summed E-state index contributed by atoms with van der Waals surface area (Å²) < 4.78 is 18.4. The van der Waals surface area contributed by atoms with Crippen molar-refractivity contribution in [1.82, 2.24) is 10.2 Å². The van der Waals surface area contributed by atoms with Crippen LogP contribution in [0.5, 0.6) is 11.6 Å². The number of benzene rings is 1. The highest BCUT2D eigenvalue weighted by Crippen LogP contribution is 2.25. The van der Waals surface area contributed by atoms with Crippen LogP contribution in [0.3, 0.4) is 0 Å². The summed E-state index contributed by atoms with van der Waals surface area (Å²) in [4.78, 5) is 0. The number of rotatable bonds is 2. The largest absolute Gasteiger partial charge is 0.436 e. The molecule has 0 bridgehead atoms. The molecule has 2 rings (SSSR count). The van der Waals surface area contributed by atoms with Gasteiger partial charge in [-0.1, -0.05) is 6.07 Å². The summed E-state index contributed by atoms with van der Waals surface area (Å²) in [6, 6.07) is 7.58. The maximum absolute atomic E-state index is 13.1. The van der Waals surface area contributed by atoms with Crippen molar-refractivity contribution < 1.29 is 9.13 Å². The van der Waals surface area contributed by atoms with Crippen LogP contribution in [0.25, 0.3) is 0 Å². The van der Waals surface area contributed by atoms with Crippen LogP contribution in [0.4, 0.5) is 4.39 Å². The second-order valence-corrected chi connectivity index (χ2v) is 3.37. The smallest absolute Gasteiger partial charge is 0.256 e. The first-order chi connectivity index (χ1) is 8.20. The van der Waals surface area contributed by atoms with Crippen molar-refractivity contribution in [2.75, 3.05) is 0 Å². The normalized spacial score (nSPS) is 9.71.